The molecule has 0 bridgehead atoms. The van der Waals surface area contributed by atoms with Crippen LogP contribution in [0.3, 0.4) is 0 Å². The number of hydrogen-bond acceptors (Lipinski definition) is 5. The fourth-order valence-electron chi connectivity index (χ4n) is 3.47. The Morgan fingerprint density at radius 3 is 2.47 bits per heavy atom. The van der Waals surface area contributed by atoms with E-state index in [4.69, 9.17) is 4.74 Å². The summed E-state index contributed by atoms with van der Waals surface area (Å²) >= 11 is 0. The molecule has 3 rings (SSSR count). The van der Waals surface area contributed by atoms with Gasteiger partial charge in [0.2, 0.25) is 11.8 Å². The maximum absolute atomic E-state index is 12.4. The Labute approximate surface area is 186 Å². The van der Waals surface area contributed by atoms with Gasteiger partial charge in [0.15, 0.2) is 12.4 Å². The molecule has 1 fully saturated rings. The predicted molar refractivity (Wildman–Crippen MR) is 122 cm³/mol. The molecule has 2 aromatic carbocycles. The van der Waals surface area contributed by atoms with Crippen molar-refractivity contribution >= 4 is 40.6 Å². The molecule has 0 atom stereocenters. The summed E-state index contributed by atoms with van der Waals surface area (Å²) in [5, 5.41) is 5.49. The van der Waals surface area contributed by atoms with Gasteiger partial charge in [-0.3, -0.25) is 19.2 Å². The molecule has 0 saturated carbocycles. The van der Waals surface area contributed by atoms with E-state index in [1.54, 1.807) is 41.3 Å². The maximum atomic E-state index is 12.4. The third-order valence-corrected chi connectivity index (χ3v) is 4.99. The summed E-state index contributed by atoms with van der Waals surface area (Å²) in [6, 6.07) is 11.8. The number of nitrogens with zero attached hydrogens (tertiary/aromatic N) is 1. The van der Waals surface area contributed by atoms with Crippen molar-refractivity contribution in [3.8, 4) is 5.75 Å². The van der Waals surface area contributed by atoms with Crippen LogP contribution in [0.1, 0.15) is 49.9 Å². The molecule has 3 amide bonds. The lowest BCUT2D eigenvalue weighted by Crippen LogP contribution is -2.24. The van der Waals surface area contributed by atoms with Crippen LogP contribution < -0.4 is 20.3 Å². The fraction of sp³-hybridized carbons (Fsp3) is 0.333. The first-order valence-corrected chi connectivity index (χ1v) is 10.6. The Morgan fingerprint density at radius 1 is 1.03 bits per heavy atom. The van der Waals surface area contributed by atoms with Gasteiger partial charge in [-0.25, -0.2) is 0 Å². The van der Waals surface area contributed by atoms with Crippen molar-refractivity contribution in [3.05, 3.63) is 48.0 Å². The normalized spacial score (nSPS) is 13.1. The maximum Gasteiger partial charge on any atom is 0.262 e. The Hall–Kier alpha value is -3.68. The second kappa shape index (κ2) is 10.6. The average molecular weight is 437 g/mol. The lowest BCUT2D eigenvalue weighted by molar-refractivity contribution is -0.118. The zero-order valence-electron chi connectivity index (χ0n) is 18.3. The standard InChI is InChI=1S/C24H27N3O5/c1-3-6-22(29)25-18-10-11-21(20(14-18)16(2)28)32-15-23(30)26-17-7-4-8-19(13-17)27-12-5-9-24(27)31/h4,7-8,10-11,13-14H,3,5-6,9,12,15H2,1-2H3,(H,25,29)(H,26,30). The van der Waals surface area contributed by atoms with Crippen LogP contribution in [0.2, 0.25) is 0 Å². The zero-order valence-corrected chi connectivity index (χ0v) is 18.3. The lowest BCUT2D eigenvalue weighted by atomic mass is 10.1. The SMILES string of the molecule is CCCC(=O)Nc1ccc(OCC(=O)Nc2cccc(N3CCCC3=O)c2)c(C(C)=O)c1. The van der Waals surface area contributed by atoms with Crippen molar-refractivity contribution in [1.29, 1.82) is 0 Å². The first-order valence-electron chi connectivity index (χ1n) is 10.6. The number of rotatable bonds is 9. The quantitative estimate of drug-likeness (QED) is 0.581. The summed E-state index contributed by atoms with van der Waals surface area (Å²) in [6.07, 6.45) is 2.46. The van der Waals surface area contributed by atoms with Gasteiger partial charge in [-0.1, -0.05) is 13.0 Å². The molecule has 32 heavy (non-hydrogen) atoms. The molecule has 2 aromatic rings. The Bertz CT molecular complexity index is 1030. The highest BCUT2D eigenvalue weighted by molar-refractivity contribution is 6.00. The van der Waals surface area contributed by atoms with Crippen molar-refractivity contribution in [2.24, 2.45) is 0 Å². The number of amides is 3. The van der Waals surface area contributed by atoms with Crippen molar-refractivity contribution in [2.75, 3.05) is 28.7 Å². The third kappa shape index (κ3) is 5.94. The van der Waals surface area contributed by atoms with Crippen molar-refractivity contribution in [2.45, 2.75) is 39.5 Å². The van der Waals surface area contributed by atoms with E-state index in [0.717, 1.165) is 18.5 Å². The largest absolute Gasteiger partial charge is 0.483 e. The van der Waals surface area contributed by atoms with Crippen LogP contribution in [0, 0.1) is 0 Å². The minimum Gasteiger partial charge on any atom is -0.483 e. The Morgan fingerprint density at radius 2 is 1.78 bits per heavy atom. The minimum atomic E-state index is -0.398. The van der Waals surface area contributed by atoms with Crippen LogP contribution in [0.4, 0.5) is 17.1 Å². The van der Waals surface area contributed by atoms with E-state index >= 15 is 0 Å². The molecular weight excluding hydrogens is 410 g/mol. The average Bonchev–Trinajstić information content (AvgIpc) is 3.19. The van der Waals surface area contributed by atoms with E-state index in [1.807, 2.05) is 13.0 Å². The van der Waals surface area contributed by atoms with Crippen LogP contribution in [-0.2, 0) is 14.4 Å². The van der Waals surface area contributed by atoms with Gasteiger partial charge in [-0.2, -0.15) is 0 Å². The van der Waals surface area contributed by atoms with Crippen molar-refractivity contribution < 1.29 is 23.9 Å². The van der Waals surface area contributed by atoms with E-state index in [2.05, 4.69) is 10.6 Å². The first-order chi connectivity index (χ1) is 15.4. The van der Waals surface area contributed by atoms with Crippen LogP contribution in [-0.4, -0.2) is 36.7 Å². The zero-order chi connectivity index (χ0) is 23.1. The number of carbonyl (C=O) groups is 4. The summed E-state index contributed by atoms with van der Waals surface area (Å²) in [5.74, 6) is -0.437. The molecule has 1 aliphatic rings. The molecule has 168 valence electrons. The molecule has 2 N–H and O–H groups in total. The number of Topliss-reactive ketones (excluding diaryl/α,β-unsaturated/α-hetero) is 1. The van der Waals surface area contributed by atoms with Crippen LogP contribution in [0.25, 0.3) is 0 Å². The van der Waals surface area contributed by atoms with Crippen molar-refractivity contribution in [3.63, 3.8) is 0 Å². The van der Waals surface area contributed by atoms with E-state index in [9.17, 15) is 19.2 Å². The fourth-order valence-corrected chi connectivity index (χ4v) is 3.47. The van der Waals surface area contributed by atoms with Gasteiger partial charge in [0.25, 0.3) is 5.91 Å². The molecule has 0 unspecified atom stereocenters. The van der Waals surface area contributed by atoms with Crippen LogP contribution >= 0.6 is 0 Å². The number of hydrogen-bond donors (Lipinski definition) is 2. The van der Waals surface area contributed by atoms with Gasteiger partial charge >= 0.3 is 0 Å². The molecule has 0 aromatic heterocycles. The molecule has 1 aliphatic heterocycles. The van der Waals surface area contributed by atoms with Gasteiger partial charge in [0.1, 0.15) is 5.75 Å². The summed E-state index contributed by atoms with van der Waals surface area (Å²) < 4.78 is 5.58. The molecule has 0 radical (unpaired) electrons. The summed E-state index contributed by atoms with van der Waals surface area (Å²) in [5.41, 5.74) is 2.07. The van der Waals surface area contributed by atoms with Crippen LogP contribution in [0.5, 0.6) is 5.75 Å². The molecular formula is C24H27N3O5. The number of benzene rings is 2. The van der Waals surface area contributed by atoms with Gasteiger partial charge in [0.05, 0.1) is 5.56 Å². The monoisotopic (exact) mass is 437 g/mol. The topological polar surface area (TPSA) is 105 Å². The first kappa shape index (κ1) is 23.0. The predicted octanol–water partition coefficient (Wildman–Crippen LogP) is 3.77. The van der Waals surface area contributed by atoms with Gasteiger partial charge in [-0.05, 0) is 56.2 Å². The highest BCUT2D eigenvalue weighted by Gasteiger charge is 2.22. The Balaban J connectivity index is 1.62. The molecule has 8 nitrogen and oxygen atoms in total. The highest BCUT2D eigenvalue weighted by Crippen LogP contribution is 2.25. The third-order valence-electron chi connectivity index (χ3n) is 4.99. The van der Waals surface area contributed by atoms with Crippen LogP contribution in [0.15, 0.2) is 42.5 Å². The molecule has 1 saturated heterocycles. The molecule has 1 heterocycles. The van der Waals surface area contributed by atoms with E-state index in [-0.39, 0.29) is 35.5 Å². The Kier molecular flexibility index (Phi) is 7.59. The molecule has 8 heteroatoms. The van der Waals surface area contributed by atoms with Gasteiger partial charge < -0.3 is 20.3 Å². The number of ketones is 1. The van der Waals surface area contributed by atoms with Gasteiger partial charge in [-0.15, -0.1) is 0 Å². The van der Waals surface area contributed by atoms with Crippen molar-refractivity contribution in [1.82, 2.24) is 0 Å². The lowest BCUT2D eigenvalue weighted by Gasteiger charge is -2.17. The second-order valence-electron chi connectivity index (χ2n) is 7.60. The summed E-state index contributed by atoms with van der Waals surface area (Å²) in [6.45, 7) is 3.67. The highest BCUT2D eigenvalue weighted by atomic mass is 16.5. The molecule has 0 spiro atoms. The van der Waals surface area contributed by atoms with E-state index in [1.165, 1.54) is 6.92 Å². The summed E-state index contributed by atoms with van der Waals surface area (Å²) in [4.78, 5) is 49.8. The van der Waals surface area contributed by atoms with E-state index < -0.39 is 5.91 Å². The second-order valence-corrected chi connectivity index (χ2v) is 7.60. The van der Waals surface area contributed by atoms with Gasteiger partial charge in [0, 0.05) is 36.4 Å². The number of anilines is 3. The number of nitrogens with one attached hydrogen (secondary N) is 2. The molecule has 0 aliphatic carbocycles. The minimum absolute atomic E-state index is 0.0721. The van der Waals surface area contributed by atoms with E-state index in [0.29, 0.717) is 30.8 Å². The number of carbonyl (C=O) groups excluding carboxylic acids is 4. The smallest absolute Gasteiger partial charge is 0.262 e. The number of ether oxygens (including phenoxy) is 1. The summed E-state index contributed by atoms with van der Waals surface area (Å²) in [7, 11) is 0.